The molecule has 23 heavy (non-hydrogen) atoms. The molecule has 0 amide bonds. The Morgan fingerprint density at radius 2 is 2.09 bits per heavy atom. The van der Waals surface area contributed by atoms with Crippen molar-refractivity contribution in [3.8, 4) is 6.01 Å². The predicted octanol–water partition coefficient (Wildman–Crippen LogP) is 2.67. The smallest absolute Gasteiger partial charge is 0.346 e. The zero-order chi connectivity index (χ0) is 17.0. The van der Waals surface area contributed by atoms with Gasteiger partial charge in [0.15, 0.2) is 11.6 Å². The van der Waals surface area contributed by atoms with E-state index < -0.39 is 11.8 Å². The van der Waals surface area contributed by atoms with Gasteiger partial charge in [-0.1, -0.05) is 17.7 Å². The fourth-order valence-corrected chi connectivity index (χ4v) is 1.83. The molecule has 0 unspecified atom stereocenters. The molecule has 0 saturated carbocycles. The lowest BCUT2D eigenvalue weighted by Gasteiger charge is -2.07. The minimum Gasteiger partial charge on any atom is -0.387 e. The molecule has 7 heteroatoms. The number of hydrogen-bond donors (Lipinski definition) is 0. The number of aromatic nitrogens is 2. The number of aliphatic imine (C=N–C) groups is 1. The quantitative estimate of drug-likeness (QED) is 0.493. The Morgan fingerprint density at radius 1 is 1.35 bits per heavy atom. The van der Waals surface area contributed by atoms with E-state index in [2.05, 4.69) is 15.0 Å². The van der Waals surface area contributed by atoms with E-state index in [4.69, 9.17) is 4.74 Å². The number of carbonyl (C=O) groups excluding carboxylic acids is 1. The van der Waals surface area contributed by atoms with Gasteiger partial charge in [0.2, 0.25) is 0 Å². The van der Waals surface area contributed by atoms with Crippen LogP contribution in [0.1, 0.15) is 21.5 Å². The van der Waals surface area contributed by atoms with Gasteiger partial charge in [-0.25, -0.2) is 19.2 Å². The summed E-state index contributed by atoms with van der Waals surface area (Å²) in [6, 6.07) is 5.10. The fourth-order valence-electron chi connectivity index (χ4n) is 1.83. The number of carbonyl (C=O) groups is 1. The third-order valence-electron chi connectivity index (χ3n) is 2.90. The number of hydrogen-bond acceptors (Lipinski definition) is 5. The number of esters is 1. The first-order chi connectivity index (χ1) is 10.9. The molecule has 0 aliphatic carbocycles. The van der Waals surface area contributed by atoms with Crippen LogP contribution in [0.3, 0.4) is 0 Å². The molecule has 0 saturated heterocycles. The third-order valence-corrected chi connectivity index (χ3v) is 2.90. The average molecular weight is 316 g/mol. The van der Waals surface area contributed by atoms with Crippen molar-refractivity contribution < 1.29 is 13.9 Å². The Labute approximate surface area is 133 Å². The van der Waals surface area contributed by atoms with E-state index in [0.717, 1.165) is 17.3 Å². The molecule has 1 heterocycles. The summed E-state index contributed by atoms with van der Waals surface area (Å²) >= 11 is 0. The molecule has 0 bridgehead atoms. The second kappa shape index (κ2) is 6.95. The first-order valence-electron chi connectivity index (χ1n) is 6.89. The lowest BCUT2D eigenvalue weighted by Crippen LogP contribution is -2.12. The van der Waals surface area contributed by atoms with Crippen LogP contribution in [0.25, 0.3) is 0 Å². The molecule has 1 aromatic carbocycles. The van der Waals surface area contributed by atoms with Crippen LogP contribution in [0.2, 0.25) is 0 Å². The summed E-state index contributed by atoms with van der Waals surface area (Å²) in [5.74, 6) is -1.50. The summed E-state index contributed by atoms with van der Waals surface area (Å²) in [5.41, 5.74) is 2.22. The zero-order valence-electron chi connectivity index (χ0n) is 13.4. The number of aryl methyl sites for hydroxylation is 2. The van der Waals surface area contributed by atoms with Gasteiger partial charge in [-0.15, -0.1) is 0 Å². The Morgan fingerprint density at radius 3 is 2.74 bits per heavy atom. The highest BCUT2D eigenvalue weighted by molar-refractivity contribution is 5.92. The van der Waals surface area contributed by atoms with Crippen molar-refractivity contribution >= 4 is 18.1 Å². The van der Waals surface area contributed by atoms with E-state index in [1.807, 2.05) is 26.0 Å². The number of rotatable bonds is 4. The topological polar surface area (TPSA) is 67.7 Å². The maximum absolute atomic E-state index is 13.6. The van der Waals surface area contributed by atoms with Crippen LogP contribution in [0, 0.1) is 19.7 Å². The van der Waals surface area contributed by atoms with Gasteiger partial charge in [-0.05, 0) is 25.5 Å². The van der Waals surface area contributed by atoms with Gasteiger partial charge >= 0.3 is 12.0 Å². The molecule has 0 spiro atoms. The molecule has 0 radical (unpaired) electrons. The number of ether oxygens (including phenoxy) is 1. The molecule has 120 valence electrons. The van der Waals surface area contributed by atoms with Crippen LogP contribution >= 0.6 is 0 Å². The summed E-state index contributed by atoms with van der Waals surface area (Å²) in [6.45, 7) is 3.74. The van der Waals surface area contributed by atoms with E-state index in [9.17, 15) is 9.18 Å². The number of nitrogens with zero attached hydrogens (tertiary/aromatic N) is 4. The Balaban J connectivity index is 2.22. The van der Waals surface area contributed by atoms with Crippen LogP contribution in [0.15, 0.2) is 29.4 Å². The van der Waals surface area contributed by atoms with Gasteiger partial charge in [0.25, 0.3) is 0 Å². The second-order valence-corrected chi connectivity index (χ2v) is 5.24. The summed E-state index contributed by atoms with van der Waals surface area (Å²) < 4.78 is 18.7. The van der Waals surface area contributed by atoms with Gasteiger partial charge < -0.3 is 9.64 Å². The number of benzene rings is 1. The third kappa shape index (κ3) is 4.32. The molecule has 0 fully saturated rings. The van der Waals surface area contributed by atoms with Crippen LogP contribution in [-0.2, 0) is 0 Å². The Bertz CT molecular complexity index is 760. The minimum atomic E-state index is -0.700. The summed E-state index contributed by atoms with van der Waals surface area (Å²) in [4.78, 5) is 25.1. The zero-order valence-corrected chi connectivity index (χ0v) is 13.4. The van der Waals surface area contributed by atoms with Crippen molar-refractivity contribution in [3.05, 3.63) is 46.9 Å². The largest absolute Gasteiger partial charge is 0.387 e. The lowest BCUT2D eigenvalue weighted by atomic mass is 10.1. The van der Waals surface area contributed by atoms with Gasteiger partial charge in [0.05, 0.1) is 18.1 Å². The molecular weight excluding hydrogens is 299 g/mol. The minimum absolute atomic E-state index is 0.197. The normalized spacial score (nSPS) is 10.8. The van der Waals surface area contributed by atoms with Crippen molar-refractivity contribution in [2.24, 2.45) is 4.99 Å². The highest BCUT2D eigenvalue weighted by Gasteiger charge is 2.15. The van der Waals surface area contributed by atoms with Crippen molar-refractivity contribution in [1.29, 1.82) is 0 Å². The lowest BCUT2D eigenvalue weighted by molar-refractivity contribution is 0.0718. The molecular formula is C16H17FN4O2. The Kier molecular flexibility index (Phi) is 5.00. The van der Waals surface area contributed by atoms with Crippen LogP contribution in [-0.4, -0.2) is 41.3 Å². The first kappa shape index (κ1) is 16.5. The van der Waals surface area contributed by atoms with E-state index >= 15 is 0 Å². The molecule has 0 aliphatic heterocycles. The maximum atomic E-state index is 13.6. The van der Waals surface area contributed by atoms with E-state index in [1.54, 1.807) is 25.1 Å². The molecule has 0 N–H and O–H groups in total. The van der Waals surface area contributed by atoms with Crippen molar-refractivity contribution in [1.82, 2.24) is 14.9 Å². The van der Waals surface area contributed by atoms with Crippen LogP contribution in [0.4, 0.5) is 10.2 Å². The highest BCUT2D eigenvalue weighted by Crippen LogP contribution is 2.18. The van der Waals surface area contributed by atoms with Gasteiger partial charge in [0.1, 0.15) is 0 Å². The fraction of sp³-hybridized carbons (Fsp3) is 0.250. The first-order valence-corrected chi connectivity index (χ1v) is 6.89. The van der Waals surface area contributed by atoms with Gasteiger partial charge in [-0.2, -0.15) is 4.98 Å². The van der Waals surface area contributed by atoms with Crippen molar-refractivity contribution in [2.75, 3.05) is 14.1 Å². The highest BCUT2D eigenvalue weighted by atomic mass is 19.1. The van der Waals surface area contributed by atoms with E-state index in [0.29, 0.717) is 5.56 Å². The van der Waals surface area contributed by atoms with Crippen molar-refractivity contribution in [2.45, 2.75) is 13.8 Å². The molecule has 2 rings (SSSR count). The monoisotopic (exact) mass is 316 g/mol. The summed E-state index contributed by atoms with van der Waals surface area (Å²) in [5, 5.41) is 0. The second-order valence-electron chi connectivity index (χ2n) is 5.24. The van der Waals surface area contributed by atoms with E-state index in [-0.39, 0.29) is 11.8 Å². The Hall–Kier alpha value is -2.83. The van der Waals surface area contributed by atoms with Crippen LogP contribution < -0.4 is 4.74 Å². The SMILES string of the molecule is Cc1ccc(C(=O)Oc2ncc(F)c(N=CN(C)C)n2)c(C)c1. The van der Waals surface area contributed by atoms with Crippen LogP contribution in [0.5, 0.6) is 6.01 Å². The van der Waals surface area contributed by atoms with Crippen molar-refractivity contribution in [3.63, 3.8) is 0 Å². The summed E-state index contributed by atoms with van der Waals surface area (Å²) in [7, 11) is 3.48. The maximum Gasteiger partial charge on any atom is 0.346 e. The standard InChI is InChI=1S/C16H17FN4O2/c1-10-5-6-12(11(2)7-10)15(22)23-16-18-8-13(17)14(20-16)19-9-21(3)4/h5-9H,1-4H3. The van der Waals surface area contributed by atoms with E-state index in [1.165, 1.54) is 6.34 Å². The molecule has 0 aliphatic rings. The molecule has 6 nitrogen and oxygen atoms in total. The average Bonchev–Trinajstić information content (AvgIpc) is 2.47. The number of halogens is 1. The predicted molar refractivity (Wildman–Crippen MR) is 84.7 cm³/mol. The van der Waals surface area contributed by atoms with Gasteiger partial charge in [0, 0.05) is 14.1 Å². The molecule has 0 atom stereocenters. The summed E-state index contributed by atoms with van der Waals surface area (Å²) in [6.07, 6.45) is 2.31. The van der Waals surface area contributed by atoms with Gasteiger partial charge in [-0.3, -0.25) is 0 Å². The molecule has 1 aromatic heterocycles. The molecule has 2 aromatic rings.